The number of ether oxygens (including phenoxy) is 8. The van der Waals surface area contributed by atoms with Crippen LogP contribution in [0.1, 0.15) is 141 Å². The molecule has 646 valence electrons. The Hall–Kier alpha value is -9.94. The van der Waals surface area contributed by atoms with Crippen LogP contribution in [-0.4, -0.2) is 221 Å². The van der Waals surface area contributed by atoms with Gasteiger partial charge in [-0.1, -0.05) is 114 Å². The van der Waals surface area contributed by atoms with Crippen LogP contribution in [0.5, 0.6) is 0 Å². The van der Waals surface area contributed by atoms with Gasteiger partial charge in [0, 0.05) is 66.9 Å². The van der Waals surface area contributed by atoms with Crippen LogP contribution in [0.15, 0.2) is 103 Å². The monoisotopic (exact) mass is 1650 g/mol. The third kappa shape index (κ3) is 24.4. The number of nitrogens with one attached hydrogen (secondary N) is 8. The largest absolute Gasteiger partial charge is 0.481 e. The van der Waals surface area contributed by atoms with E-state index in [4.69, 9.17) is 43.6 Å². The number of para-hydroxylation sites is 1. The number of nitrogens with two attached hydrogens (primary N) is 1. The van der Waals surface area contributed by atoms with Gasteiger partial charge in [-0.25, -0.2) is 18.4 Å². The fraction of sp³-hybridized carbons (Fsp3) is 0.571. The van der Waals surface area contributed by atoms with E-state index in [1.807, 2.05) is 62.4 Å². The zero-order valence-electron chi connectivity index (χ0n) is 67.9. The van der Waals surface area contributed by atoms with E-state index >= 15 is 8.78 Å². The van der Waals surface area contributed by atoms with Gasteiger partial charge >= 0.3 is 18.1 Å². The van der Waals surface area contributed by atoms with Crippen LogP contribution in [0.3, 0.4) is 0 Å². The fourth-order valence-electron chi connectivity index (χ4n) is 16.3. The van der Waals surface area contributed by atoms with E-state index in [1.54, 1.807) is 31.7 Å². The van der Waals surface area contributed by atoms with E-state index in [-0.39, 0.29) is 153 Å². The van der Waals surface area contributed by atoms with Crippen molar-refractivity contribution in [3.8, 4) is 0 Å². The number of hydrogen-bond donors (Lipinski definition) is 11. The van der Waals surface area contributed by atoms with Crippen LogP contribution in [0.2, 0.25) is 0 Å². The van der Waals surface area contributed by atoms with Crippen LogP contribution in [0, 0.1) is 28.6 Å². The summed E-state index contributed by atoms with van der Waals surface area (Å²) in [6.07, 6.45) is -0.309. The maximum Gasteiger partial charge on any atom is 0.407 e. The number of anilines is 2. The van der Waals surface area contributed by atoms with Gasteiger partial charge in [-0.3, -0.25) is 47.9 Å². The molecule has 1 aliphatic heterocycles. The summed E-state index contributed by atoms with van der Waals surface area (Å²) in [6.45, 7) is 14.3. The summed E-state index contributed by atoms with van der Waals surface area (Å²) < 4.78 is 80.1. The van der Waals surface area contributed by atoms with Gasteiger partial charge in [-0.2, -0.15) is 0 Å². The average molecular weight is 1650 g/mol. The van der Waals surface area contributed by atoms with E-state index in [0.717, 1.165) is 34.9 Å². The number of hydrogen-bond acceptors (Lipinski definition) is 21. The van der Waals surface area contributed by atoms with Gasteiger partial charge < -0.3 is 101 Å². The number of carbonyl (C=O) groups is 12. The topological polar surface area (TPSA) is 445 Å². The Balaban J connectivity index is 0.700. The summed E-state index contributed by atoms with van der Waals surface area (Å²) in [5.74, 6) is -8.93. The lowest BCUT2D eigenvalue weighted by Gasteiger charge is -2.63. The van der Waals surface area contributed by atoms with Crippen LogP contribution in [-0.2, 0) is 105 Å². The van der Waals surface area contributed by atoms with Gasteiger partial charge in [-0.05, 0) is 128 Å². The Bertz CT molecular complexity index is 4080. The molecule has 0 bridgehead atoms. The number of aliphatic hydroxyl groups excluding tert-OH is 1. The fourth-order valence-corrected chi connectivity index (χ4v) is 16.3. The minimum absolute atomic E-state index is 0.00386. The quantitative estimate of drug-likeness (QED) is 0.0230. The van der Waals surface area contributed by atoms with Gasteiger partial charge in [0.1, 0.15) is 50.8 Å². The molecule has 4 fully saturated rings. The third-order valence-electron chi connectivity index (χ3n) is 22.4. The number of alkyl halides is 2. The number of urea groups is 1. The number of allylic oxidation sites excluding steroid dienone is 4. The minimum atomic E-state index is -2.39. The zero-order chi connectivity index (χ0) is 85.7. The predicted molar refractivity (Wildman–Crippen MR) is 427 cm³/mol. The lowest BCUT2D eigenvalue weighted by Crippen LogP contribution is -2.71. The Morgan fingerprint density at radius 2 is 1.39 bits per heavy atom. The molecule has 12 N–H and O–H groups in total. The van der Waals surface area contributed by atoms with Crippen LogP contribution in [0.4, 0.5) is 29.7 Å². The van der Waals surface area contributed by atoms with Crippen molar-refractivity contribution in [1.82, 2.24) is 37.2 Å². The number of carbonyl (C=O) groups excluding carboxylic acids is 11. The number of rotatable bonds is 49. The van der Waals surface area contributed by atoms with Gasteiger partial charge in [0.25, 0.3) is 0 Å². The second kappa shape index (κ2) is 44.7. The van der Waals surface area contributed by atoms with E-state index in [0.29, 0.717) is 24.9 Å². The van der Waals surface area contributed by atoms with Gasteiger partial charge in [-0.15, -0.1) is 0 Å². The highest BCUT2D eigenvalue weighted by atomic mass is 19.1. The molecule has 3 aromatic rings. The van der Waals surface area contributed by atoms with Crippen LogP contribution >= 0.6 is 0 Å². The van der Waals surface area contributed by atoms with E-state index in [2.05, 4.69) is 49.1 Å². The number of aliphatic hydroxyl groups is 1. The number of amides is 10. The molecule has 10 amide bonds. The molecule has 0 radical (unpaired) electrons. The summed E-state index contributed by atoms with van der Waals surface area (Å²) in [5, 5.41) is 41.9. The Morgan fingerprint density at radius 1 is 0.720 bits per heavy atom. The summed E-state index contributed by atoms with van der Waals surface area (Å²) >= 11 is 0. The first-order valence-electron chi connectivity index (χ1n) is 40.2. The molecule has 34 heteroatoms. The van der Waals surface area contributed by atoms with Crippen molar-refractivity contribution < 1.29 is 114 Å². The maximum absolute atomic E-state index is 17.9. The minimum Gasteiger partial charge on any atom is -0.481 e. The van der Waals surface area contributed by atoms with Crippen molar-refractivity contribution in [2.75, 3.05) is 96.0 Å². The second-order valence-corrected chi connectivity index (χ2v) is 30.6. The first-order valence-corrected chi connectivity index (χ1v) is 40.2. The highest BCUT2D eigenvalue weighted by molar-refractivity contribution is 6.02. The number of nitrogens with zero attached hydrogens (tertiary/aromatic N) is 1. The summed E-state index contributed by atoms with van der Waals surface area (Å²) in [6, 6.07) is 16.7. The number of ketones is 2. The van der Waals surface area contributed by atoms with Gasteiger partial charge in [0.15, 0.2) is 29.1 Å². The molecule has 3 aromatic carbocycles. The highest BCUT2D eigenvalue weighted by Crippen LogP contribution is 2.72. The lowest BCUT2D eigenvalue weighted by atomic mass is 9.44. The number of halogens is 2. The number of carboxylic acids is 1. The third-order valence-corrected chi connectivity index (χ3v) is 22.4. The number of fused-ring (bicyclic) bond motifs is 7. The number of aliphatic carboxylic acids is 1. The molecule has 3 saturated carbocycles. The summed E-state index contributed by atoms with van der Waals surface area (Å²) in [7, 11) is 0. The van der Waals surface area contributed by atoms with Crippen molar-refractivity contribution in [1.29, 1.82) is 0 Å². The number of carboxylic acid groups (broad SMARTS) is 1. The van der Waals surface area contributed by atoms with Crippen molar-refractivity contribution in [3.05, 3.63) is 125 Å². The predicted octanol–water partition coefficient (Wildman–Crippen LogP) is 5.94. The number of aryl methyl sites for hydroxylation is 1. The molecule has 1 heterocycles. The number of alkyl carbamates (subject to hydrolysis) is 1. The molecular weight excluding hydrogens is 1540 g/mol. The van der Waals surface area contributed by atoms with Crippen molar-refractivity contribution in [2.24, 2.45) is 34.3 Å². The highest BCUT2D eigenvalue weighted by Gasteiger charge is 2.80. The molecule has 1 unspecified atom stereocenters. The smallest absolute Gasteiger partial charge is 0.407 e. The standard InChI is InChI=1S/C84H114F2N10O22/c1-8-16-74-117-68-45-59-60-44-62(85)61-43-58(97)30-32-81(61,6)83(60,86)66(98)46-82(59,7)84(68,118-74)67(99)50-115-51-91-71(102)47-90-80(110)116-49-53-22-24-57(25-23-53)92-76(106)63(20-15-33-89-79(87)109)94-78(108)75(52(4)5)95-77(107)64(26-29-73(104)105)93-70(101)31-35-111-37-39-113-41-42-114-40-38-112-36-34-88-69(100)27-28-72(103)96(65-21-14-13-18-55(65)10-3)48-56-19-12-11-17-54(56)9-2/h9,11-14,17-19,21-25,30,32,43,52,59-60,62-64,66,68,74-75,98H,2,8,10,15-16,20,26-29,31,33-42,44-51H2,1,3-7H3,(H,88,100)(H,90,110)(H,91,102)(H,92,106)(H,93,101)(H,94,108)(H,95,107)(H,104,105)(H3,87,89,109)/t59-,60-,62-,63-,64+,66-,68+,74?,75-,81-,82-,83-,84+/m0/s1. The molecule has 118 heavy (non-hydrogen) atoms. The van der Waals surface area contributed by atoms with Gasteiger partial charge in [0.2, 0.25) is 41.4 Å². The molecule has 4 aliphatic carbocycles. The van der Waals surface area contributed by atoms with Crippen LogP contribution < -0.4 is 53.2 Å². The molecule has 0 aromatic heterocycles. The molecule has 1 saturated heterocycles. The van der Waals surface area contributed by atoms with E-state index in [1.165, 1.54) is 43.3 Å². The SMILES string of the molecule is C=Cc1ccccc1CN(C(=O)CCC(=O)NCCOCCOCCOCCOCCC(=O)N[C@H](CCC(=O)O)C(=O)N[C@H](C(=O)N[C@@H](CCCNC(N)=O)C(=O)Nc1ccc(COC(=O)NCC(=O)NCOCC(=O)[C@@]23OC(CCC)O[C@@H]2C[C@H]2[C@@H]4C[C@H](F)C5=CC(=O)C=C[C@]5(C)[C@@]4(F)[C@@H](O)C[C@@]23C)cc1)C(C)C)c1ccccc1CC. The summed E-state index contributed by atoms with van der Waals surface area (Å²) in [5.41, 5.74) is 2.57. The number of primary amides is 1. The first-order chi connectivity index (χ1) is 56.4. The molecule has 13 atom stereocenters. The molecular formula is C84H114F2N10O22. The zero-order valence-corrected chi connectivity index (χ0v) is 67.9. The van der Waals surface area contributed by atoms with Gasteiger partial charge in [0.05, 0.1) is 71.6 Å². The molecule has 0 spiro atoms. The second-order valence-electron chi connectivity index (χ2n) is 30.6. The lowest BCUT2D eigenvalue weighted by molar-refractivity contribution is -0.235. The van der Waals surface area contributed by atoms with E-state index < -0.39 is 168 Å². The van der Waals surface area contributed by atoms with Crippen molar-refractivity contribution >= 4 is 88.5 Å². The average Bonchev–Trinajstić information content (AvgIpc) is 1.45. The van der Waals surface area contributed by atoms with E-state index in [9.17, 15) is 67.7 Å². The van der Waals surface area contributed by atoms with Crippen molar-refractivity contribution in [3.63, 3.8) is 0 Å². The molecule has 32 nitrogen and oxygen atoms in total. The number of benzene rings is 3. The first kappa shape index (κ1) is 93.6. The van der Waals surface area contributed by atoms with Crippen molar-refractivity contribution in [2.45, 2.75) is 192 Å². The van der Waals surface area contributed by atoms with Crippen LogP contribution in [0.25, 0.3) is 6.08 Å². The summed E-state index contributed by atoms with van der Waals surface area (Å²) in [4.78, 5) is 159. The maximum atomic E-state index is 17.9. The molecule has 5 aliphatic rings. The Morgan fingerprint density at radius 3 is 2.06 bits per heavy atom. The normalized spacial score (nSPS) is 23.4. The number of Topliss-reactive ketones (excluding diaryl/α,β-unsaturated/α-hetero) is 1. The Labute approximate surface area is 685 Å². The molecule has 8 rings (SSSR count). The Kier molecular flexibility index (Phi) is 35.5.